The highest BCUT2D eigenvalue weighted by atomic mass is 16.5. The van der Waals surface area contributed by atoms with Gasteiger partial charge in [0.05, 0.1) is 11.1 Å². The second-order valence-corrected chi connectivity index (χ2v) is 8.01. The number of amides is 1. The van der Waals surface area contributed by atoms with Crippen LogP contribution < -0.4 is 16.5 Å². The third-order valence-electron chi connectivity index (χ3n) is 5.51. The van der Waals surface area contributed by atoms with Gasteiger partial charge in [0.15, 0.2) is 5.69 Å². The Hall–Kier alpha value is -5.05. The second kappa shape index (κ2) is 9.30. The van der Waals surface area contributed by atoms with Gasteiger partial charge in [-0.15, -0.1) is 0 Å². The van der Waals surface area contributed by atoms with Crippen LogP contribution in [0.25, 0.3) is 27.4 Å². The summed E-state index contributed by atoms with van der Waals surface area (Å²) in [4.78, 5) is 49.7. The van der Waals surface area contributed by atoms with Crippen LogP contribution in [0.4, 0.5) is 5.69 Å². The fraction of sp³-hybridized carbons (Fsp3) is 0.0741. The van der Waals surface area contributed by atoms with E-state index in [0.717, 1.165) is 4.68 Å². The van der Waals surface area contributed by atoms with E-state index in [2.05, 4.69) is 10.4 Å². The monoisotopic (exact) mass is 481 g/mol. The maximum atomic E-state index is 13.2. The summed E-state index contributed by atoms with van der Waals surface area (Å²) in [7, 11) is 0. The number of carbonyl (C=O) groups excluding carboxylic acids is 2. The standard InChI is InChI=1S/C27H19N3O6/c1-16(31)28-18-11-12-20-17(13-24(32)36-23(20)14-18)15-35-27(34)25-21-9-5-6-10-22(21)26(33)30(29-25)19-7-3-2-4-8-19/h2-14H,15H2,1H3,(H,28,31). The topological polar surface area (TPSA) is 120 Å². The molecule has 1 N–H and O–H groups in total. The number of ether oxygens (including phenoxy) is 1. The third-order valence-corrected chi connectivity index (χ3v) is 5.51. The fourth-order valence-electron chi connectivity index (χ4n) is 3.93. The molecule has 9 heteroatoms. The number of aromatic nitrogens is 2. The molecule has 0 saturated carbocycles. The molecular weight excluding hydrogens is 462 g/mol. The lowest BCUT2D eigenvalue weighted by atomic mass is 10.1. The molecule has 0 spiro atoms. The molecule has 5 aromatic rings. The van der Waals surface area contributed by atoms with Gasteiger partial charge >= 0.3 is 11.6 Å². The van der Waals surface area contributed by atoms with Gasteiger partial charge < -0.3 is 14.5 Å². The van der Waals surface area contributed by atoms with Crippen LogP contribution in [0.3, 0.4) is 0 Å². The first kappa shape index (κ1) is 22.7. The van der Waals surface area contributed by atoms with Crippen LogP contribution in [0.5, 0.6) is 0 Å². The molecule has 178 valence electrons. The first-order valence-electron chi connectivity index (χ1n) is 11.0. The van der Waals surface area contributed by atoms with Crippen molar-refractivity contribution in [3.8, 4) is 5.69 Å². The molecular formula is C27H19N3O6. The SMILES string of the molecule is CC(=O)Nc1ccc2c(COC(=O)c3nn(-c4ccccc4)c(=O)c4ccccc34)cc(=O)oc2c1. The van der Waals surface area contributed by atoms with Crippen LogP contribution in [0, 0.1) is 0 Å². The molecule has 9 nitrogen and oxygen atoms in total. The third kappa shape index (κ3) is 4.37. The molecule has 36 heavy (non-hydrogen) atoms. The van der Waals surface area contributed by atoms with E-state index < -0.39 is 11.6 Å². The van der Waals surface area contributed by atoms with Gasteiger partial charge in [-0.1, -0.05) is 36.4 Å². The highest BCUT2D eigenvalue weighted by Gasteiger charge is 2.19. The van der Waals surface area contributed by atoms with Crippen LogP contribution in [-0.4, -0.2) is 21.7 Å². The molecule has 0 aliphatic carbocycles. The van der Waals surface area contributed by atoms with E-state index in [1.54, 1.807) is 60.7 Å². The highest BCUT2D eigenvalue weighted by molar-refractivity contribution is 6.02. The minimum Gasteiger partial charge on any atom is -0.456 e. The Kier molecular flexibility index (Phi) is 5.87. The van der Waals surface area contributed by atoms with E-state index in [1.807, 2.05) is 6.07 Å². The van der Waals surface area contributed by atoms with Crippen molar-refractivity contribution in [1.29, 1.82) is 0 Å². The van der Waals surface area contributed by atoms with E-state index in [-0.39, 0.29) is 29.4 Å². The highest BCUT2D eigenvalue weighted by Crippen LogP contribution is 2.23. The van der Waals surface area contributed by atoms with Crippen molar-refractivity contribution in [3.05, 3.63) is 111 Å². The summed E-state index contributed by atoms with van der Waals surface area (Å²) in [5.41, 5.74) is 0.597. The van der Waals surface area contributed by atoms with Crippen LogP contribution in [0.1, 0.15) is 23.0 Å². The van der Waals surface area contributed by atoms with E-state index >= 15 is 0 Å². The number of para-hydroxylation sites is 1. The van der Waals surface area contributed by atoms with Crippen molar-refractivity contribution in [3.63, 3.8) is 0 Å². The Morgan fingerprint density at radius 3 is 2.39 bits per heavy atom. The summed E-state index contributed by atoms with van der Waals surface area (Å²) in [5.74, 6) is -1.02. The Morgan fingerprint density at radius 2 is 1.64 bits per heavy atom. The zero-order valence-corrected chi connectivity index (χ0v) is 19.1. The zero-order valence-electron chi connectivity index (χ0n) is 19.1. The summed E-state index contributed by atoms with van der Waals surface area (Å²) in [6.07, 6.45) is 0. The van der Waals surface area contributed by atoms with Crippen molar-refractivity contribution < 1.29 is 18.7 Å². The van der Waals surface area contributed by atoms with Gasteiger partial charge in [0, 0.05) is 41.1 Å². The van der Waals surface area contributed by atoms with Crippen LogP contribution in [0.2, 0.25) is 0 Å². The van der Waals surface area contributed by atoms with Crippen molar-refractivity contribution in [1.82, 2.24) is 9.78 Å². The van der Waals surface area contributed by atoms with E-state index in [1.165, 1.54) is 19.1 Å². The van der Waals surface area contributed by atoms with E-state index in [4.69, 9.17) is 9.15 Å². The predicted octanol–water partition coefficient (Wildman–Crippen LogP) is 3.81. The summed E-state index contributed by atoms with van der Waals surface area (Å²) in [6.45, 7) is 1.13. The molecule has 0 fully saturated rings. The number of hydrogen-bond acceptors (Lipinski definition) is 7. The second-order valence-electron chi connectivity index (χ2n) is 8.01. The number of anilines is 1. The summed E-state index contributed by atoms with van der Waals surface area (Å²) in [5, 5.41) is 8.16. The first-order chi connectivity index (χ1) is 17.4. The Labute approximate surface area is 203 Å². The van der Waals surface area contributed by atoms with Gasteiger partial charge in [-0.25, -0.2) is 9.59 Å². The normalized spacial score (nSPS) is 10.9. The van der Waals surface area contributed by atoms with Gasteiger partial charge in [-0.3, -0.25) is 9.59 Å². The lowest BCUT2D eigenvalue weighted by Gasteiger charge is -2.12. The van der Waals surface area contributed by atoms with Gasteiger partial charge in [-0.2, -0.15) is 9.78 Å². The van der Waals surface area contributed by atoms with Crippen LogP contribution >= 0.6 is 0 Å². The number of nitrogens with one attached hydrogen (secondary N) is 1. The number of fused-ring (bicyclic) bond motifs is 2. The molecule has 0 saturated heterocycles. The van der Waals surface area contributed by atoms with E-state index in [0.29, 0.717) is 33.1 Å². The van der Waals surface area contributed by atoms with Gasteiger partial charge in [0.25, 0.3) is 5.56 Å². The quantitative estimate of drug-likeness (QED) is 0.299. The van der Waals surface area contributed by atoms with Crippen molar-refractivity contribution in [2.75, 3.05) is 5.32 Å². The van der Waals surface area contributed by atoms with E-state index in [9.17, 15) is 19.2 Å². The van der Waals surface area contributed by atoms with Crippen molar-refractivity contribution >= 4 is 39.3 Å². The molecule has 2 heterocycles. The summed E-state index contributed by atoms with van der Waals surface area (Å²) < 4.78 is 12.0. The molecule has 0 radical (unpaired) electrons. The summed E-state index contributed by atoms with van der Waals surface area (Å²) in [6, 6.07) is 21.5. The van der Waals surface area contributed by atoms with Crippen molar-refractivity contribution in [2.24, 2.45) is 0 Å². The van der Waals surface area contributed by atoms with Gasteiger partial charge in [-0.05, 0) is 30.3 Å². The molecule has 0 aliphatic heterocycles. The molecule has 0 aliphatic rings. The lowest BCUT2D eigenvalue weighted by Crippen LogP contribution is -2.25. The number of rotatable bonds is 5. The number of esters is 1. The minimum absolute atomic E-state index is 0.0331. The molecule has 0 atom stereocenters. The van der Waals surface area contributed by atoms with Crippen LogP contribution in [-0.2, 0) is 16.1 Å². The average Bonchev–Trinajstić information content (AvgIpc) is 2.87. The minimum atomic E-state index is -0.757. The molecule has 5 rings (SSSR count). The largest absolute Gasteiger partial charge is 0.456 e. The molecule has 3 aromatic carbocycles. The number of benzene rings is 3. The van der Waals surface area contributed by atoms with Crippen molar-refractivity contribution in [2.45, 2.75) is 13.5 Å². The maximum Gasteiger partial charge on any atom is 0.359 e. The molecule has 2 aromatic heterocycles. The first-order valence-corrected chi connectivity index (χ1v) is 11.0. The fourth-order valence-corrected chi connectivity index (χ4v) is 3.93. The zero-order chi connectivity index (χ0) is 25.2. The predicted molar refractivity (Wildman–Crippen MR) is 133 cm³/mol. The average molecular weight is 481 g/mol. The number of carbonyl (C=O) groups is 2. The number of nitrogens with zero attached hydrogens (tertiary/aromatic N) is 2. The van der Waals surface area contributed by atoms with Gasteiger partial charge in [0.1, 0.15) is 12.2 Å². The maximum absolute atomic E-state index is 13.2. The lowest BCUT2D eigenvalue weighted by molar-refractivity contribution is -0.114. The number of hydrogen-bond donors (Lipinski definition) is 1. The van der Waals surface area contributed by atoms with Crippen LogP contribution in [0.15, 0.2) is 92.9 Å². The summed E-state index contributed by atoms with van der Waals surface area (Å²) >= 11 is 0. The molecule has 1 amide bonds. The van der Waals surface area contributed by atoms with Gasteiger partial charge in [0.2, 0.25) is 5.91 Å². The molecule has 0 bridgehead atoms. The Bertz CT molecular complexity index is 1760. The Morgan fingerprint density at radius 1 is 0.917 bits per heavy atom. The molecule has 0 unspecified atom stereocenters. The smallest absolute Gasteiger partial charge is 0.359 e. The Balaban J connectivity index is 1.52.